The maximum atomic E-state index is 14.2. The van der Waals surface area contributed by atoms with Crippen LogP contribution in [0.4, 0.5) is 5.69 Å². The van der Waals surface area contributed by atoms with Crippen LogP contribution in [0.3, 0.4) is 0 Å². The molecule has 3 aromatic rings. The van der Waals surface area contributed by atoms with Crippen LogP contribution in [0, 0.1) is 13.8 Å². The van der Waals surface area contributed by atoms with E-state index in [-0.39, 0.29) is 23.4 Å². The smallest absolute Gasteiger partial charge is 0.264 e. The van der Waals surface area contributed by atoms with E-state index in [1.165, 1.54) is 24.1 Å². The van der Waals surface area contributed by atoms with Crippen LogP contribution in [0.15, 0.2) is 76.1 Å². The van der Waals surface area contributed by atoms with E-state index in [4.69, 9.17) is 4.74 Å². The molecule has 1 N–H and O–H groups in total. The molecule has 3 aromatic carbocycles. The van der Waals surface area contributed by atoms with Crippen molar-refractivity contribution in [3.05, 3.63) is 87.9 Å². The van der Waals surface area contributed by atoms with Crippen molar-refractivity contribution in [3.8, 4) is 5.75 Å². The Bertz CT molecular complexity index is 1520. The minimum Gasteiger partial charge on any atom is -0.496 e. The van der Waals surface area contributed by atoms with Gasteiger partial charge in [0.25, 0.3) is 10.0 Å². The summed E-state index contributed by atoms with van der Waals surface area (Å²) < 4.78 is 35.1. The topological polar surface area (TPSA) is 96.0 Å². The molecule has 0 bridgehead atoms. The average Bonchev–Trinajstić information content (AvgIpc) is 3.00. The van der Waals surface area contributed by atoms with Crippen molar-refractivity contribution in [1.82, 2.24) is 10.2 Å². The number of carbonyl (C=O) groups is 2. The molecule has 0 aromatic heterocycles. The Morgan fingerprint density at radius 1 is 0.953 bits per heavy atom. The number of nitrogens with one attached hydrogen (secondary N) is 1. The van der Waals surface area contributed by atoms with Crippen LogP contribution in [-0.2, 0) is 26.2 Å². The lowest BCUT2D eigenvalue weighted by atomic mass is 9.95. The summed E-state index contributed by atoms with van der Waals surface area (Å²) in [5, 5.41) is 3.13. The van der Waals surface area contributed by atoms with E-state index >= 15 is 0 Å². The number of aryl methyl sites for hydroxylation is 2. The molecule has 8 nitrogen and oxygen atoms in total. The second-order valence-corrected chi connectivity index (χ2v) is 13.9. The quantitative estimate of drug-likeness (QED) is 0.265. The van der Waals surface area contributed by atoms with Gasteiger partial charge in [0.15, 0.2) is 0 Å². The Morgan fingerprint density at radius 2 is 1.56 bits per heavy atom. The first-order valence-electron chi connectivity index (χ1n) is 14.6. The molecule has 0 radical (unpaired) electrons. The number of hydrogen-bond acceptors (Lipinski definition) is 5. The van der Waals surface area contributed by atoms with Crippen molar-refractivity contribution in [2.75, 3.05) is 18.0 Å². The van der Waals surface area contributed by atoms with Crippen LogP contribution in [0.25, 0.3) is 0 Å². The summed E-state index contributed by atoms with van der Waals surface area (Å²) in [6.07, 6.45) is 5.13. The molecule has 0 saturated heterocycles. The molecule has 43 heavy (non-hydrogen) atoms. The van der Waals surface area contributed by atoms with Crippen LogP contribution in [0.2, 0.25) is 0 Å². The van der Waals surface area contributed by atoms with Crippen LogP contribution in [0.1, 0.15) is 55.7 Å². The number of amides is 2. The first-order chi connectivity index (χ1) is 20.5. The highest BCUT2D eigenvalue weighted by Crippen LogP contribution is 2.31. The zero-order chi connectivity index (χ0) is 31.1. The fourth-order valence-corrected chi connectivity index (χ4v) is 7.35. The summed E-state index contributed by atoms with van der Waals surface area (Å²) in [5.74, 6) is -0.237. The fraction of sp³-hybridized carbons (Fsp3) is 0.394. The Labute approximate surface area is 263 Å². The SMILES string of the molecule is COc1ccc(S(=O)(=O)N(CC(=O)N(Cc2ccc(C)cc2)[C@H](C)C(=O)NC2CCCCC2)c2ccc(C)cc2)cc1Br. The number of ether oxygens (including phenoxy) is 1. The van der Waals surface area contributed by atoms with Gasteiger partial charge in [-0.1, -0.05) is 66.8 Å². The number of methoxy groups -OCH3 is 1. The van der Waals surface area contributed by atoms with Crippen molar-refractivity contribution < 1.29 is 22.7 Å². The highest BCUT2D eigenvalue weighted by molar-refractivity contribution is 9.10. The average molecular weight is 671 g/mol. The molecule has 0 spiro atoms. The van der Waals surface area contributed by atoms with Crippen molar-refractivity contribution in [3.63, 3.8) is 0 Å². The van der Waals surface area contributed by atoms with Gasteiger partial charge in [0.05, 0.1) is 22.2 Å². The van der Waals surface area contributed by atoms with Gasteiger partial charge in [0.2, 0.25) is 11.8 Å². The maximum Gasteiger partial charge on any atom is 0.264 e. The minimum atomic E-state index is -4.19. The van der Waals surface area contributed by atoms with Gasteiger partial charge in [-0.25, -0.2) is 8.42 Å². The molecule has 0 aliphatic heterocycles. The third kappa shape index (κ3) is 8.17. The molecule has 2 amide bonds. The zero-order valence-corrected chi connectivity index (χ0v) is 27.6. The number of sulfonamides is 1. The lowest BCUT2D eigenvalue weighted by molar-refractivity contribution is -0.139. The van der Waals surface area contributed by atoms with Gasteiger partial charge in [-0.2, -0.15) is 0 Å². The van der Waals surface area contributed by atoms with Crippen LogP contribution in [0.5, 0.6) is 5.75 Å². The van der Waals surface area contributed by atoms with Crippen molar-refractivity contribution in [2.24, 2.45) is 0 Å². The van der Waals surface area contributed by atoms with Crippen molar-refractivity contribution in [1.29, 1.82) is 0 Å². The normalized spacial score (nSPS) is 14.5. The van der Waals surface area contributed by atoms with Crippen LogP contribution >= 0.6 is 15.9 Å². The summed E-state index contributed by atoms with van der Waals surface area (Å²) in [4.78, 5) is 29.1. The van der Waals surface area contributed by atoms with E-state index in [0.717, 1.165) is 53.1 Å². The molecule has 1 aliphatic carbocycles. The van der Waals surface area contributed by atoms with Crippen LogP contribution < -0.4 is 14.4 Å². The molecule has 10 heteroatoms. The highest BCUT2D eigenvalue weighted by atomic mass is 79.9. The third-order valence-corrected chi connectivity index (χ3v) is 10.3. The molecule has 0 heterocycles. The standard InChI is InChI=1S/C33H40BrN3O5S/c1-23-10-14-26(15-11-23)21-36(25(3)33(39)35-27-8-6-5-7-9-27)32(38)22-37(28-16-12-24(2)13-17-28)43(40,41)29-18-19-31(42-4)30(34)20-29/h10-20,25,27H,5-9,21-22H2,1-4H3,(H,35,39)/t25-/m1/s1. The van der Waals surface area contributed by atoms with E-state index in [0.29, 0.717) is 15.9 Å². The first kappa shape index (κ1) is 32.5. The fourth-order valence-electron chi connectivity index (χ4n) is 5.22. The van der Waals surface area contributed by atoms with E-state index in [1.807, 2.05) is 38.1 Å². The highest BCUT2D eigenvalue weighted by Gasteiger charge is 2.33. The summed E-state index contributed by atoms with van der Waals surface area (Å²) in [5.41, 5.74) is 3.22. The number of rotatable bonds is 11. The number of nitrogens with zero attached hydrogens (tertiary/aromatic N) is 2. The molecule has 4 rings (SSSR count). The number of hydrogen-bond donors (Lipinski definition) is 1. The predicted molar refractivity (Wildman–Crippen MR) is 173 cm³/mol. The van der Waals surface area contributed by atoms with Gasteiger partial charge in [-0.3, -0.25) is 13.9 Å². The molecule has 1 saturated carbocycles. The largest absolute Gasteiger partial charge is 0.496 e. The van der Waals surface area contributed by atoms with Gasteiger partial charge < -0.3 is 15.0 Å². The Balaban J connectivity index is 1.68. The molecule has 1 atom stereocenters. The molecular formula is C33H40BrN3O5S. The first-order valence-corrected chi connectivity index (χ1v) is 16.8. The van der Waals surface area contributed by atoms with Crippen LogP contribution in [-0.4, -0.2) is 50.9 Å². The van der Waals surface area contributed by atoms with Gasteiger partial charge in [0, 0.05) is 12.6 Å². The van der Waals surface area contributed by atoms with Gasteiger partial charge >= 0.3 is 0 Å². The lowest BCUT2D eigenvalue weighted by Crippen LogP contribution is -2.53. The predicted octanol–water partition coefficient (Wildman–Crippen LogP) is 6.14. The van der Waals surface area contributed by atoms with E-state index in [1.54, 1.807) is 37.3 Å². The van der Waals surface area contributed by atoms with E-state index in [2.05, 4.69) is 21.2 Å². The monoisotopic (exact) mass is 669 g/mol. The van der Waals surface area contributed by atoms with Gasteiger partial charge in [0.1, 0.15) is 18.3 Å². The summed E-state index contributed by atoms with van der Waals surface area (Å²) in [7, 11) is -2.69. The van der Waals surface area contributed by atoms with E-state index < -0.39 is 28.5 Å². The summed E-state index contributed by atoms with van der Waals surface area (Å²) >= 11 is 3.38. The minimum absolute atomic E-state index is 0.00160. The Morgan fingerprint density at radius 3 is 2.14 bits per heavy atom. The molecule has 1 aliphatic rings. The molecule has 0 unspecified atom stereocenters. The van der Waals surface area contributed by atoms with Gasteiger partial charge in [-0.15, -0.1) is 0 Å². The number of anilines is 1. The zero-order valence-electron chi connectivity index (χ0n) is 25.2. The number of carbonyl (C=O) groups excluding carboxylic acids is 2. The second-order valence-electron chi connectivity index (χ2n) is 11.2. The number of benzene rings is 3. The summed E-state index contributed by atoms with van der Waals surface area (Å²) in [6, 6.07) is 18.5. The Kier molecular flexibility index (Phi) is 10.9. The van der Waals surface area contributed by atoms with Crippen molar-refractivity contribution >= 4 is 43.5 Å². The second kappa shape index (κ2) is 14.4. The maximum absolute atomic E-state index is 14.2. The molecular weight excluding hydrogens is 630 g/mol. The molecule has 1 fully saturated rings. The summed E-state index contributed by atoms with van der Waals surface area (Å²) in [6.45, 7) is 5.27. The van der Waals surface area contributed by atoms with E-state index in [9.17, 15) is 18.0 Å². The molecule has 230 valence electrons. The third-order valence-electron chi connectivity index (χ3n) is 7.90. The lowest BCUT2D eigenvalue weighted by Gasteiger charge is -2.33. The van der Waals surface area contributed by atoms with Gasteiger partial charge in [-0.05, 0) is 85.4 Å². The Hall–Kier alpha value is -3.37. The van der Waals surface area contributed by atoms with Crippen molar-refractivity contribution in [2.45, 2.75) is 76.4 Å². The number of halogens is 1.